The molecule has 252 valence electrons. The van der Waals surface area contributed by atoms with Crippen molar-refractivity contribution in [1.29, 1.82) is 0 Å². The SMILES string of the molecule is CCCCCCCCCCCCC(CCCCCCCCCCCC)(CCCCCCCCCCCC)CCC(=O)O. The van der Waals surface area contributed by atoms with Crippen LogP contribution in [0.1, 0.15) is 245 Å². The van der Waals surface area contributed by atoms with Gasteiger partial charge in [0.15, 0.2) is 0 Å². The van der Waals surface area contributed by atoms with Gasteiger partial charge in [-0.25, -0.2) is 0 Å². The first-order chi connectivity index (χ1) is 20.6. The number of unbranched alkanes of at least 4 members (excludes halogenated alkanes) is 27. The fourth-order valence-electron chi connectivity index (χ4n) is 7.08. The van der Waals surface area contributed by atoms with Gasteiger partial charge in [-0.2, -0.15) is 0 Å². The lowest BCUT2D eigenvalue weighted by atomic mass is 9.71. The van der Waals surface area contributed by atoms with Gasteiger partial charge in [0.2, 0.25) is 0 Å². The number of hydrogen-bond donors (Lipinski definition) is 1. The average molecular weight is 593 g/mol. The Hall–Kier alpha value is -0.530. The molecule has 0 fully saturated rings. The number of carboxylic acid groups (broad SMARTS) is 1. The summed E-state index contributed by atoms with van der Waals surface area (Å²) in [4.78, 5) is 11.7. The third kappa shape index (κ3) is 29.5. The second-order valence-corrected chi connectivity index (χ2v) is 14.2. The van der Waals surface area contributed by atoms with Gasteiger partial charge in [-0.05, 0) is 31.1 Å². The number of carboxylic acids is 1. The molecule has 0 unspecified atom stereocenters. The van der Waals surface area contributed by atoms with Crippen molar-refractivity contribution in [3.63, 3.8) is 0 Å². The average Bonchev–Trinajstić information content (AvgIpc) is 2.98. The molecule has 0 spiro atoms. The third-order valence-electron chi connectivity index (χ3n) is 10.1. The maximum Gasteiger partial charge on any atom is 0.303 e. The zero-order valence-electron chi connectivity index (χ0n) is 29.6. The quantitative estimate of drug-likeness (QED) is 0.0735. The molecule has 0 saturated heterocycles. The molecule has 0 rings (SSSR count). The van der Waals surface area contributed by atoms with Gasteiger partial charge in [0.25, 0.3) is 0 Å². The molecule has 2 heteroatoms. The van der Waals surface area contributed by atoms with Crippen LogP contribution in [0, 0.1) is 5.41 Å². The van der Waals surface area contributed by atoms with Gasteiger partial charge in [0.1, 0.15) is 0 Å². The molecule has 0 aliphatic carbocycles. The van der Waals surface area contributed by atoms with Crippen molar-refractivity contribution in [3.8, 4) is 0 Å². The molecule has 1 N–H and O–H groups in total. The Morgan fingerprint density at radius 1 is 0.357 bits per heavy atom. The van der Waals surface area contributed by atoms with E-state index in [4.69, 9.17) is 0 Å². The van der Waals surface area contributed by atoms with E-state index in [9.17, 15) is 9.90 Å². The lowest BCUT2D eigenvalue weighted by Crippen LogP contribution is -2.23. The van der Waals surface area contributed by atoms with E-state index in [2.05, 4.69) is 20.8 Å². The first-order valence-corrected chi connectivity index (χ1v) is 19.8. The van der Waals surface area contributed by atoms with Gasteiger partial charge in [0.05, 0.1) is 0 Å². The Bertz CT molecular complexity index is 468. The van der Waals surface area contributed by atoms with Crippen LogP contribution in [-0.4, -0.2) is 11.1 Å². The van der Waals surface area contributed by atoms with Crippen LogP contribution in [-0.2, 0) is 4.79 Å². The molecule has 0 aromatic rings. The highest BCUT2D eigenvalue weighted by atomic mass is 16.4. The molecule has 0 radical (unpaired) electrons. The summed E-state index contributed by atoms with van der Waals surface area (Å²) in [6, 6.07) is 0. The van der Waals surface area contributed by atoms with E-state index in [1.807, 2.05) is 0 Å². The van der Waals surface area contributed by atoms with E-state index < -0.39 is 5.97 Å². The summed E-state index contributed by atoms with van der Waals surface area (Å²) in [7, 11) is 0. The van der Waals surface area contributed by atoms with Crippen LogP contribution in [0.25, 0.3) is 0 Å². The topological polar surface area (TPSA) is 37.3 Å². The summed E-state index contributed by atoms with van der Waals surface area (Å²) in [5.74, 6) is -0.589. The molecule has 0 heterocycles. The van der Waals surface area contributed by atoms with Gasteiger partial charge < -0.3 is 5.11 Å². The maximum absolute atomic E-state index is 11.7. The van der Waals surface area contributed by atoms with Gasteiger partial charge in [-0.3, -0.25) is 4.79 Å². The van der Waals surface area contributed by atoms with Gasteiger partial charge in [-0.15, -0.1) is 0 Å². The van der Waals surface area contributed by atoms with Crippen LogP contribution < -0.4 is 0 Å². The molecule has 0 saturated carbocycles. The first kappa shape index (κ1) is 41.5. The van der Waals surface area contributed by atoms with Crippen molar-refractivity contribution >= 4 is 5.97 Å². The zero-order chi connectivity index (χ0) is 30.8. The van der Waals surface area contributed by atoms with Crippen LogP contribution in [0.5, 0.6) is 0 Å². The predicted octanol–water partition coefficient (Wildman–Crippen LogP) is 14.8. The van der Waals surface area contributed by atoms with Crippen molar-refractivity contribution in [3.05, 3.63) is 0 Å². The fourth-order valence-corrected chi connectivity index (χ4v) is 7.08. The number of rotatable bonds is 36. The summed E-state index contributed by atoms with van der Waals surface area (Å²) >= 11 is 0. The highest BCUT2D eigenvalue weighted by Crippen LogP contribution is 2.41. The van der Waals surface area contributed by atoms with Crippen LogP contribution in [0.4, 0.5) is 0 Å². The second-order valence-electron chi connectivity index (χ2n) is 14.2. The number of aliphatic carboxylic acids is 1. The highest BCUT2D eigenvalue weighted by Gasteiger charge is 2.29. The van der Waals surface area contributed by atoms with Gasteiger partial charge in [0, 0.05) is 6.42 Å². The van der Waals surface area contributed by atoms with Crippen LogP contribution >= 0.6 is 0 Å². The monoisotopic (exact) mass is 593 g/mol. The van der Waals surface area contributed by atoms with E-state index in [1.165, 1.54) is 212 Å². The molecule has 42 heavy (non-hydrogen) atoms. The molecule has 0 aromatic heterocycles. The summed E-state index contributed by atoms with van der Waals surface area (Å²) in [5.41, 5.74) is 0.277. The van der Waals surface area contributed by atoms with E-state index in [0.29, 0.717) is 6.42 Å². The van der Waals surface area contributed by atoms with Crippen molar-refractivity contribution < 1.29 is 9.90 Å². The predicted molar refractivity (Wildman–Crippen MR) is 189 cm³/mol. The Morgan fingerprint density at radius 2 is 0.571 bits per heavy atom. The Morgan fingerprint density at radius 3 is 0.786 bits per heavy atom. The molecule has 0 aliphatic rings. The van der Waals surface area contributed by atoms with Crippen molar-refractivity contribution in [1.82, 2.24) is 0 Å². The first-order valence-electron chi connectivity index (χ1n) is 19.8. The van der Waals surface area contributed by atoms with E-state index in [-0.39, 0.29) is 5.41 Å². The lowest BCUT2D eigenvalue weighted by Gasteiger charge is -2.34. The number of hydrogen-bond acceptors (Lipinski definition) is 1. The summed E-state index contributed by atoms with van der Waals surface area (Å²) < 4.78 is 0. The maximum atomic E-state index is 11.7. The molecule has 2 nitrogen and oxygen atoms in total. The van der Waals surface area contributed by atoms with Crippen molar-refractivity contribution in [2.75, 3.05) is 0 Å². The van der Waals surface area contributed by atoms with Crippen molar-refractivity contribution in [2.24, 2.45) is 5.41 Å². The molecule has 0 bridgehead atoms. The molecule has 0 aliphatic heterocycles. The van der Waals surface area contributed by atoms with Gasteiger partial charge in [-0.1, -0.05) is 213 Å². The number of carbonyl (C=O) groups is 1. The minimum Gasteiger partial charge on any atom is -0.481 e. The van der Waals surface area contributed by atoms with E-state index in [0.717, 1.165) is 6.42 Å². The Kier molecular flexibility index (Phi) is 32.9. The standard InChI is InChI=1S/C40H80O2/c1-4-7-10-13-16-19-22-25-28-31-35-40(38-34-39(41)42,36-32-29-26-23-20-17-14-11-8-5-2)37-33-30-27-24-21-18-15-12-9-6-3/h4-38H2,1-3H3,(H,41,42). The summed E-state index contributed by atoms with van der Waals surface area (Å²) in [5, 5.41) is 9.61. The lowest BCUT2D eigenvalue weighted by molar-refractivity contribution is -0.137. The minimum atomic E-state index is -0.589. The largest absolute Gasteiger partial charge is 0.481 e. The highest BCUT2D eigenvalue weighted by molar-refractivity contribution is 5.66. The molecular weight excluding hydrogens is 512 g/mol. The summed E-state index contributed by atoms with van der Waals surface area (Å²) in [6.45, 7) is 6.89. The second kappa shape index (κ2) is 33.4. The zero-order valence-corrected chi connectivity index (χ0v) is 29.6. The molecule has 0 atom stereocenters. The Labute approximate surface area is 266 Å². The molecule has 0 aromatic carbocycles. The van der Waals surface area contributed by atoms with E-state index in [1.54, 1.807) is 0 Å². The third-order valence-corrected chi connectivity index (χ3v) is 10.1. The smallest absolute Gasteiger partial charge is 0.303 e. The molecular formula is C40H80O2. The Balaban J connectivity index is 4.61. The molecule has 0 amide bonds. The van der Waals surface area contributed by atoms with Gasteiger partial charge >= 0.3 is 5.97 Å². The summed E-state index contributed by atoms with van der Waals surface area (Å²) in [6.07, 6.45) is 46.6. The normalized spacial score (nSPS) is 11.9. The fraction of sp³-hybridized carbons (Fsp3) is 0.975. The van der Waals surface area contributed by atoms with Crippen molar-refractivity contribution in [2.45, 2.75) is 245 Å². The van der Waals surface area contributed by atoms with Crippen LogP contribution in [0.15, 0.2) is 0 Å². The van der Waals surface area contributed by atoms with Crippen LogP contribution in [0.2, 0.25) is 0 Å². The van der Waals surface area contributed by atoms with E-state index >= 15 is 0 Å². The minimum absolute atomic E-state index is 0.277. The van der Waals surface area contributed by atoms with Crippen LogP contribution in [0.3, 0.4) is 0 Å².